The highest BCUT2D eigenvalue weighted by Crippen LogP contribution is 2.40. The van der Waals surface area contributed by atoms with Gasteiger partial charge in [-0.3, -0.25) is 9.78 Å². The minimum absolute atomic E-state index is 0.0317. The molecule has 7 nitrogen and oxygen atoms in total. The smallest absolute Gasteiger partial charge is 0.416 e. The van der Waals surface area contributed by atoms with Gasteiger partial charge in [-0.15, -0.1) is 0 Å². The Balaban J connectivity index is 1.43. The van der Waals surface area contributed by atoms with E-state index in [1.807, 2.05) is 61.3 Å². The maximum Gasteiger partial charge on any atom is 0.416 e. The van der Waals surface area contributed by atoms with E-state index in [9.17, 15) is 23.2 Å². The Labute approximate surface area is 250 Å². The van der Waals surface area contributed by atoms with Crippen LogP contribution in [0.4, 0.5) is 18.9 Å². The lowest BCUT2D eigenvalue weighted by molar-refractivity contribution is -0.137. The van der Waals surface area contributed by atoms with Gasteiger partial charge in [-0.25, -0.2) is 0 Å². The molecule has 0 bridgehead atoms. The number of pyridine rings is 1. The van der Waals surface area contributed by atoms with Crippen molar-refractivity contribution in [3.05, 3.63) is 77.5 Å². The Morgan fingerprint density at radius 2 is 1.91 bits per heavy atom. The molecule has 2 saturated heterocycles. The van der Waals surface area contributed by atoms with Crippen molar-refractivity contribution in [1.82, 2.24) is 15.2 Å². The number of likely N-dealkylation sites (N-methyl/N-ethyl adjacent to an activating group) is 1. The second-order valence-electron chi connectivity index (χ2n) is 11.4. The van der Waals surface area contributed by atoms with Crippen molar-refractivity contribution in [2.75, 3.05) is 44.7 Å². The molecule has 0 radical (unpaired) electrons. The number of amides is 1. The van der Waals surface area contributed by atoms with Crippen LogP contribution in [0, 0.1) is 11.3 Å². The second kappa shape index (κ2) is 12.6. The molecule has 43 heavy (non-hydrogen) atoms. The molecule has 0 spiro atoms. The number of anilines is 1. The number of halogens is 3. The van der Waals surface area contributed by atoms with Gasteiger partial charge >= 0.3 is 6.18 Å². The average Bonchev–Trinajstić information content (AvgIpc) is 3.43. The molecule has 2 fully saturated rings. The number of piperidine rings is 1. The number of nitrogens with one attached hydrogen (secondary N) is 1. The van der Waals surface area contributed by atoms with Crippen LogP contribution in [-0.4, -0.2) is 61.7 Å². The third kappa shape index (κ3) is 6.47. The van der Waals surface area contributed by atoms with Crippen LogP contribution in [0.3, 0.4) is 0 Å². The Morgan fingerprint density at radius 3 is 2.53 bits per heavy atom. The number of rotatable bonds is 8. The SMILES string of the molecule is CCCOc1ccccc1-c1ccc(C2(C(=O)N[C@@H]3CCN(C)C3)CCN(c3ccc(C(F)(F)F)cc3C#N)CC2)cn1. The summed E-state index contributed by atoms with van der Waals surface area (Å²) >= 11 is 0. The number of hydrogen-bond acceptors (Lipinski definition) is 6. The molecule has 1 N–H and O–H groups in total. The number of benzene rings is 2. The van der Waals surface area contributed by atoms with E-state index in [0.29, 0.717) is 38.2 Å². The highest BCUT2D eigenvalue weighted by Gasteiger charge is 2.44. The number of carbonyl (C=O) groups is 1. The molecular weight excluding hydrogens is 555 g/mol. The number of likely N-dealkylation sites (tertiary alicyclic amines) is 1. The quantitative estimate of drug-likeness (QED) is 0.358. The lowest BCUT2D eigenvalue weighted by Gasteiger charge is -2.42. The first-order valence-electron chi connectivity index (χ1n) is 14.7. The summed E-state index contributed by atoms with van der Waals surface area (Å²) in [4.78, 5) is 22.9. The predicted molar refractivity (Wildman–Crippen MR) is 159 cm³/mol. The second-order valence-corrected chi connectivity index (χ2v) is 11.4. The highest BCUT2D eigenvalue weighted by atomic mass is 19.4. The van der Waals surface area contributed by atoms with Gasteiger partial charge in [0.05, 0.1) is 34.5 Å². The molecule has 0 saturated carbocycles. The Bertz CT molecular complexity index is 1480. The number of hydrogen-bond donors (Lipinski definition) is 1. The molecule has 0 aliphatic carbocycles. The van der Waals surface area contributed by atoms with Crippen molar-refractivity contribution in [2.45, 2.75) is 50.2 Å². The van der Waals surface area contributed by atoms with E-state index in [2.05, 4.69) is 10.2 Å². The largest absolute Gasteiger partial charge is 0.493 e. The molecule has 1 aromatic heterocycles. The third-order valence-electron chi connectivity index (χ3n) is 8.50. The summed E-state index contributed by atoms with van der Waals surface area (Å²) in [5, 5.41) is 12.9. The predicted octanol–water partition coefficient (Wildman–Crippen LogP) is 5.79. The van der Waals surface area contributed by atoms with Gasteiger partial charge in [0.15, 0.2) is 0 Å². The maximum absolute atomic E-state index is 14.1. The zero-order valence-electron chi connectivity index (χ0n) is 24.5. The number of alkyl halides is 3. The first-order chi connectivity index (χ1) is 20.6. The Morgan fingerprint density at radius 1 is 1.14 bits per heavy atom. The highest BCUT2D eigenvalue weighted by molar-refractivity contribution is 5.89. The monoisotopic (exact) mass is 591 g/mol. The van der Waals surface area contributed by atoms with Crippen LogP contribution < -0.4 is 15.0 Å². The molecule has 3 aromatic rings. The molecule has 1 atom stereocenters. The molecule has 2 aliphatic heterocycles. The van der Waals surface area contributed by atoms with Crippen molar-refractivity contribution >= 4 is 11.6 Å². The minimum Gasteiger partial charge on any atom is -0.493 e. The fourth-order valence-corrected chi connectivity index (χ4v) is 6.08. The molecule has 226 valence electrons. The summed E-state index contributed by atoms with van der Waals surface area (Å²) in [6.45, 7) is 5.12. The topological polar surface area (TPSA) is 81.5 Å². The van der Waals surface area contributed by atoms with Gasteiger partial charge in [0.25, 0.3) is 0 Å². The van der Waals surface area contributed by atoms with Crippen LogP contribution in [0.5, 0.6) is 5.75 Å². The molecule has 0 unspecified atom stereocenters. The van der Waals surface area contributed by atoms with E-state index < -0.39 is 17.2 Å². The zero-order valence-corrected chi connectivity index (χ0v) is 24.5. The summed E-state index contributed by atoms with van der Waals surface area (Å²) in [5.74, 6) is 0.683. The lowest BCUT2D eigenvalue weighted by Crippen LogP contribution is -2.54. The van der Waals surface area contributed by atoms with Crippen LogP contribution in [0.25, 0.3) is 11.3 Å². The van der Waals surface area contributed by atoms with Crippen LogP contribution in [0.1, 0.15) is 49.3 Å². The number of nitriles is 1. The summed E-state index contributed by atoms with van der Waals surface area (Å²) in [5.41, 5.74) is 1.09. The molecule has 3 heterocycles. The van der Waals surface area contributed by atoms with E-state index in [1.54, 1.807) is 6.20 Å². The van der Waals surface area contributed by atoms with Gasteiger partial charge in [0.1, 0.15) is 11.8 Å². The first-order valence-corrected chi connectivity index (χ1v) is 14.7. The Hall–Kier alpha value is -4.10. The van der Waals surface area contributed by atoms with Crippen molar-refractivity contribution in [1.29, 1.82) is 5.26 Å². The summed E-state index contributed by atoms with van der Waals surface area (Å²) in [6.07, 6.45) is -0.174. The summed E-state index contributed by atoms with van der Waals surface area (Å²) in [6, 6.07) is 16.8. The molecule has 1 amide bonds. The van der Waals surface area contributed by atoms with E-state index in [4.69, 9.17) is 9.72 Å². The van der Waals surface area contributed by atoms with Crippen LogP contribution in [0.15, 0.2) is 60.8 Å². The van der Waals surface area contributed by atoms with Gasteiger partial charge < -0.3 is 19.9 Å². The first kappa shape index (κ1) is 30.4. The van der Waals surface area contributed by atoms with Crippen LogP contribution >= 0.6 is 0 Å². The summed E-state index contributed by atoms with van der Waals surface area (Å²) < 4.78 is 45.8. The van der Waals surface area contributed by atoms with E-state index in [1.165, 1.54) is 6.07 Å². The van der Waals surface area contributed by atoms with Crippen molar-refractivity contribution in [3.8, 4) is 23.1 Å². The zero-order chi connectivity index (χ0) is 30.6. The van der Waals surface area contributed by atoms with Crippen molar-refractivity contribution in [2.24, 2.45) is 0 Å². The molecular formula is C33H36F3N5O2. The molecule has 10 heteroatoms. The molecule has 2 aliphatic rings. The van der Waals surface area contributed by atoms with Gasteiger partial charge in [0.2, 0.25) is 5.91 Å². The lowest BCUT2D eigenvalue weighted by atomic mass is 9.72. The fourth-order valence-electron chi connectivity index (χ4n) is 6.08. The van der Waals surface area contributed by atoms with E-state index in [0.717, 1.165) is 60.6 Å². The number of para-hydroxylation sites is 1. The molecule has 5 rings (SSSR count). The maximum atomic E-state index is 14.1. The van der Waals surface area contributed by atoms with E-state index in [-0.39, 0.29) is 17.5 Å². The normalized spacial score (nSPS) is 18.7. The number of carbonyl (C=O) groups excluding carboxylic acids is 1. The minimum atomic E-state index is -4.53. The fraction of sp³-hybridized carbons (Fsp3) is 0.424. The van der Waals surface area contributed by atoms with Crippen molar-refractivity contribution < 1.29 is 22.7 Å². The Kier molecular flexibility index (Phi) is 8.92. The van der Waals surface area contributed by atoms with Gasteiger partial charge in [-0.1, -0.05) is 25.1 Å². The number of nitrogens with zero attached hydrogens (tertiary/aromatic N) is 4. The van der Waals surface area contributed by atoms with Crippen LogP contribution in [-0.2, 0) is 16.4 Å². The summed E-state index contributed by atoms with van der Waals surface area (Å²) in [7, 11) is 2.03. The average molecular weight is 592 g/mol. The van der Waals surface area contributed by atoms with Gasteiger partial charge in [-0.05, 0) is 81.2 Å². The number of ether oxygens (including phenoxy) is 1. The van der Waals surface area contributed by atoms with E-state index >= 15 is 0 Å². The molecule has 2 aromatic carbocycles. The number of aromatic nitrogens is 1. The van der Waals surface area contributed by atoms with Crippen molar-refractivity contribution in [3.63, 3.8) is 0 Å². The van der Waals surface area contributed by atoms with Crippen LogP contribution in [0.2, 0.25) is 0 Å². The van der Waals surface area contributed by atoms with Gasteiger partial charge in [-0.2, -0.15) is 18.4 Å². The standard InChI is InChI=1S/C33H36F3N5O2/c1-3-18-43-30-7-5-4-6-27(30)28-10-8-25(21-38-28)32(31(42)39-26-12-15-40(2)22-26)13-16-41(17-14-32)29-11-9-24(33(34,35)36)19-23(29)20-37/h4-11,19,21,26H,3,12-18,22H2,1-2H3,(H,39,42)/t26-/m1/s1. The third-order valence-corrected chi connectivity index (χ3v) is 8.50. The van der Waals surface area contributed by atoms with Gasteiger partial charge in [0, 0.05) is 37.4 Å².